The zero-order valence-corrected chi connectivity index (χ0v) is 3.80. The zero-order valence-electron chi connectivity index (χ0n) is 3.80. The molecule has 1 aliphatic rings. The first-order valence-electron chi connectivity index (χ1n) is 2.20. The lowest BCUT2D eigenvalue weighted by atomic mass is 10.3. The number of rotatable bonds is 0. The molecule has 1 N–H and O–H groups in total. The van der Waals surface area contributed by atoms with Crippen LogP contribution in [0.4, 0.5) is 4.39 Å². The molecule has 3 heteroatoms. The number of hydrogen-bond donors (Lipinski definition) is 1. The minimum absolute atomic E-state index is 0.0567. The third kappa shape index (κ3) is 0.894. The van der Waals surface area contributed by atoms with Gasteiger partial charge in [0, 0.05) is 0 Å². The second-order valence-electron chi connectivity index (χ2n) is 1.62. The van der Waals surface area contributed by atoms with E-state index in [2.05, 4.69) is 4.74 Å². The number of halogens is 1. The molecule has 0 amide bonds. The van der Waals surface area contributed by atoms with E-state index in [4.69, 9.17) is 5.11 Å². The highest BCUT2D eigenvalue weighted by molar-refractivity contribution is 4.71. The van der Waals surface area contributed by atoms with Gasteiger partial charge in [-0.2, -0.15) is 0 Å². The van der Waals surface area contributed by atoms with Crippen molar-refractivity contribution in [1.29, 1.82) is 0 Å². The second kappa shape index (κ2) is 1.76. The second-order valence-corrected chi connectivity index (χ2v) is 1.62. The van der Waals surface area contributed by atoms with E-state index in [1.54, 1.807) is 0 Å². The highest BCUT2D eigenvalue weighted by Crippen LogP contribution is 2.07. The van der Waals surface area contributed by atoms with Crippen molar-refractivity contribution in [2.24, 2.45) is 0 Å². The number of alkyl halides is 1. The van der Waals surface area contributed by atoms with Crippen molar-refractivity contribution in [2.75, 3.05) is 13.2 Å². The molecule has 1 unspecified atom stereocenters. The molecule has 2 atom stereocenters. The fourth-order valence-electron chi connectivity index (χ4n) is 0.517. The van der Waals surface area contributed by atoms with Crippen molar-refractivity contribution in [2.45, 2.75) is 12.3 Å². The van der Waals surface area contributed by atoms with E-state index in [0.29, 0.717) is 0 Å². The number of aliphatic hydroxyl groups excluding tert-OH is 1. The van der Waals surface area contributed by atoms with Crippen LogP contribution in [0, 0.1) is 0 Å². The Labute approximate surface area is 40.9 Å². The van der Waals surface area contributed by atoms with E-state index in [9.17, 15) is 4.39 Å². The minimum atomic E-state index is -1.15. The summed E-state index contributed by atoms with van der Waals surface area (Å²) in [7, 11) is 0. The fraction of sp³-hybridized carbons (Fsp3) is 1.00. The van der Waals surface area contributed by atoms with Gasteiger partial charge >= 0.3 is 0 Å². The Kier molecular flexibility index (Phi) is 1.25. The first kappa shape index (κ1) is 5.00. The molecule has 42 valence electrons. The van der Waals surface area contributed by atoms with Gasteiger partial charge in [0.25, 0.3) is 0 Å². The Morgan fingerprint density at radius 3 is 2.43 bits per heavy atom. The molecule has 0 spiro atoms. The SMILES string of the molecule is OC1COC[C@H]1F. The van der Waals surface area contributed by atoms with Crippen LogP contribution in [-0.2, 0) is 4.74 Å². The van der Waals surface area contributed by atoms with E-state index >= 15 is 0 Å². The molecule has 0 aliphatic carbocycles. The highest BCUT2D eigenvalue weighted by Gasteiger charge is 2.24. The number of ether oxygens (including phenoxy) is 1. The summed E-state index contributed by atoms with van der Waals surface area (Å²) in [5.74, 6) is 0. The van der Waals surface area contributed by atoms with Crippen LogP contribution in [0.1, 0.15) is 0 Å². The van der Waals surface area contributed by atoms with Crippen LogP contribution in [-0.4, -0.2) is 30.6 Å². The van der Waals surface area contributed by atoms with Gasteiger partial charge in [0.15, 0.2) is 6.17 Å². The molecule has 0 bridgehead atoms. The molecule has 1 aliphatic heterocycles. The number of hydrogen-bond acceptors (Lipinski definition) is 2. The van der Waals surface area contributed by atoms with Gasteiger partial charge in [-0.1, -0.05) is 0 Å². The first-order valence-corrected chi connectivity index (χ1v) is 2.20. The molecule has 1 heterocycles. The lowest BCUT2D eigenvalue weighted by Crippen LogP contribution is -2.17. The summed E-state index contributed by atoms with van der Waals surface area (Å²) in [6.07, 6.45) is -2.03. The minimum Gasteiger partial charge on any atom is -0.388 e. The molecule has 1 fully saturated rings. The smallest absolute Gasteiger partial charge is 0.151 e. The highest BCUT2D eigenvalue weighted by atomic mass is 19.1. The Morgan fingerprint density at radius 1 is 1.57 bits per heavy atom. The van der Waals surface area contributed by atoms with Crippen LogP contribution >= 0.6 is 0 Å². The lowest BCUT2D eigenvalue weighted by molar-refractivity contribution is 0.107. The van der Waals surface area contributed by atoms with Crippen LogP contribution in [0.3, 0.4) is 0 Å². The van der Waals surface area contributed by atoms with Crippen LogP contribution in [0.15, 0.2) is 0 Å². The van der Waals surface area contributed by atoms with E-state index in [0.717, 1.165) is 0 Å². The first-order chi connectivity index (χ1) is 3.30. The molecule has 0 aromatic heterocycles. The quantitative estimate of drug-likeness (QED) is 0.460. The van der Waals surface area contributed by atoms with Crippen molar-refractivity contribution in [1.82, 2.24) is 0 Å². The average molecular weight is 106 g/mol. The molecule has 0 aromatic carbocycles. The Morgan fingerprint density at radius 2 is 2.29 bits per heavy atom. The van der Waals surface area contributed by atoms with E-state index in [1.807, 2.05) is 0 Å². The molecular weight excluding hydrogens is 99.0 g/mol. The van der Waals surface area contributed by atoms with Crippen LogP contribution in [0.5, 0.6) is 0 Å². The van der Waals surface area contributed by atoms with Gasteiger partial charge in [-0.25, -0.2) is 4.39 Å². The summed E-state index contributed by atoms with van der Waals surface area (Å²) in [5, 5.41) is 8.50. The fourth-order valence-corrected chi connectivity index (χ4v) is 0.517. The maximum atomic E-state index is 11.9. The summed E-state index contributed by atoms with van der Waals surface area (Å²) < 4.78 is 16.5. The molecule has 0 saturated carbocycles. The van der Waals surface area contributed by atoms with Gasteiger partial charge in [0.1, 0.15) is 6.10 Å². The Bertz CT molecular complexity index is 58.7. The molecule has 1 saturated heterocycles. The summed E-state index contributed by atoms with van der Waals surface area (Å²) in [6, 6.07) is 0. The molecular formula is C4H7FO2. The van der Waals surface area contributed by atoms with Gasteiger partial charge in [-0.15, -0.1) is 0 Å². The molecule has 0 radical (unpaired) electrons. The molecule has 1 rings (SSSR count). The van der Waals surface area contributed by atoms with Crippen LogP contribution < -0.4 is 0 Å². The summed E-state index contributed by atoms with van der Waals surface area (Å²) in [4.78, 5) is 0. The third-order valence-corrected chi connectivity index (χ3v) is 0.983. The van der Waals surface area contributed by atoms with Crippen molar-refractivity contribution in [3.63, 3.8) is 0 Å². The average Bonchev–Trinajstić information content (AvgIpc) is 1.91. The van der Waals surface area contributed by atoms with Gasteiger partial charge in [0.05, 0.1) is 13.2 Å². The predicted octanol–water partition coefficient (Wildman–Crippen LogP) is -0.284. The summed E-state index contributed by atoms with van der Waals surface area (Å²) >= 11 is 0. The van der Waals surface area contributed by atoms with E-state index in [1.165, 1.54) is 0 Å². The maximum Gasteiger partial charge on any atom is 0.151 e. The Hall–Kier alpha value is -0.150. The van der Waals surface area contributed by atoms with Gasteiger partial charge < -0.3 is 9.84 Å². The molecule has 7 heavy (non-hydrogen) atoms. The molecule has 2 nitrogen and oxygen atoms in total. The lowest BCUT2D eigenvalue weighted by Gasteiger charge is -1.97. The largest absolute Gasteiger partial charge is 0.388 e. The third-order valence-electron chi connectivity index (χ3n) is 0.983. The van der Waals surface area contributed by atoms with Crippen LogP contribution in [0.25, 0.3) is 0 Å². The van der Waals surface area contributed by atoms with Crippen molar-refractivity contribution in [3.8, 4) is 0 Å². The van der Waals surface area contributed by atoms with Gasteiger partial charge in [0.2, 0.25) is 0 Å². The predicted molar refractivity (Wildman–Crippen MR) is 21.7 cm³/mol. The monoisotopic (exact) mass is 106 g/mol. The normalized spacial score (nSPS) is 42.0. The van der Waals surface area contributed by atoms with Crippen LogP contribution in [0.2, 0.25) is 0 Å². The van der Waals surface area contributed by atoms with Gasteiger partial charge in [-0.05, 0) is 0 Å². The molecule has 0 aromatic rings. The number of aliphatic hydroxyl groups is 1. The van der Waals surface area contributed by atoms with Crippen molar-refractivity contribution in [3.05, 3.63) is 0 Å². The van der Waals surface area contributed by atoms with E-state index in [-0.39, 0.29) is 13.2 Å². The topological polar surface area (TPSA) is 29.5 Å². The van der Waals surface area contributed by atoms with E-state index < -0.39 is 12.3 Å². The summed E-state index contributed by atoms with van der Waals surface area (Å²) in [6.45, 7) is 0.211. The van der Waals surface area contributed by atoms with Gasteiger partial charge in [-0.3, -0.25) is 0 Å². The standard InChI is InChI=1S/C4H7FO2/c5-3-1-7-2-4(3)6/h3-4,6H,1-2H2/t3-,4?/m1/s1. The maximum absolute atomic E-state index is 11.9. The van der Waals surface area contributed by atoms with Crippen molar-refractivity contribution >= 4 is 0 Å². The Balaban J connectivity index is 2.33. The zero-order chi connectivity index (χ0) is 5.28. The summed E-state index contributed by atoms with van der Waals surface area (Å²) in [5.41, 5.74) is 0. The van der Waals surface area contributed by atoms with Crippen molar-refractivity contribution < 1.29 is 14.2 Å².